The standard InChI is InChI=1S/C8H4F6NO/c9-7(10,11)6(16,8(12,13)14)5-3-1-2-4-15-5/h1-3,16H. The minimum atomic E-state index is -5.91. The van der Waals surface area contributed by atoms with E-state index in [2.05, 4.69) is 4.98 Å². The number of rotatable bonds is 1. The Morgan fingerprint density at radius 3 is 1.88 bits per heavy atom. The largest absolute Gasteiger partial charge is 0.432 e. The predicted molar refractivity (Wildman–Crippen MR) is 39.1 cm³/mol. The molecule has 0 unspecified atom stereocenters. The van der Waals surface area contributed by atoms with Crippen LogP contribution in [0.15, 0.2) is 18.2 Å². The third kappa shape index (κ3) is 1.84. The number of aromatic nitrogens is 1. The summed E-state index contributed by atoms with van der Waals surface area (Å²) in [6.45, 7) is 0. The van der Waals surface area contributed by atoms with Crippen molar-refractivity contribution in [2.45, 2.75) is 18.0 Å². The molecule has 0 saturated carbocycles. The van der Waals surface area contributed by atoms with Crippen LogP contribution in [-0.4, -0.2) is 22.4 Å². The maximum absolute atomic E-state index is 12.3. The van der Waals surface area contributed by atoms with Crippen LogP contribution >= 0.6 is 0 Å². The molecule has 0 fully saturated rings. The van der Waals surface area contributed by atoms with Crippen LogP contribution in [0, 0.1) is 6.20 Å². The molecule has 1 radical (unpaired) electrons. The Morgan fingerprint density at radius 2 is 1.56 bits per heavy atom. The molecule has 1 N–H and O–H groups in total. The molecule has 1 heterocycles. The van der Waals surface area contributed by atoms with Gasteiger partial charge >= 0.3 is 12.4 Å². The van der Waals surface area contributed by atoms with E-state index in [1.165, 1.54) is 0 Å². The van der Waals surface area contributed by atoms with Gasteiger partial charge in [-0.25, -0.2) is 4.98 Å². The number of hydrogen-bond acceptors (Lipinski definition) is 2. The summed E-state index contributed by atoms with van der Waals surface area (Å²) in [4.78, 5) is 2.77. The minimum absolute atomic E-state index is 0.428. The van der Waals surface area contributed by atoms with E-state index >= 15 is 0 Å². The summed E-state index contributed by atoms with van der Waals surface area (Å²) >= 11 is 0. The number of hydrogen-bond donors (Lipinski definition) is 1. The van der Waals surface area contributed by atoms with Crippen LogP contribution in [0.4, 0.5) is 26.3 Å². The van der Waals surface area contributed by atoms with Gasteiger partial charge in [-0.05, 0) is 12.1 Å². The Kier molecular flexibility index (Phi) is 2.88. The Labute approximate surface area is 85.5 Å². The molecule has 0 aliphatic heterocycles. The third-order valence-corrected chi connectivity index (χ3v) is 1.80. The van der Waals surface area contributed by atoms with E-state index in [1.54, 1.807) is 6.20 Å². The number of aliphatic hydroxyl groups is 1. The Hall–Kier alpha value is -1.31. The van der Waals surface area contributed by atoms with Crippen LogP contribution in [0.1, 0.15) is 5.69 Å². The van der Waals surface area contributed by atoms with E-state index in [9.17, 15) is 26.3 Å². The van der Waals surface area contributed by atoms with Gasteiger partial charge in [0.25, 0.3) is 5.60 Å². The lowest BCUT2D eigenvalue weighted by Crippen LogP contribution is -2.54. The molecule has 0 spiro atoms. The second-order valence-electron chi connectivity index (χ2n) is 2.86. The SMILES string of the molecule is OC(c1ccc[c]n1)(C(F)(F)F)C(F)(F)F. The van der Waals surface area contributed by atoms with Crippen molar-refractivity contribution in [1.82, 2.24) is 4.98 Å². The van der Waals surface area contributed by atoms with Crippen LogP contribution < -0.4 is 0 Å². The predicted octanol–water partition coefficient (Wildman–Crippen LogP) is 2.19. The fourth-order valence-corrected chi connectivity index (χ4v) is 0.979. The highest BCUT2D eigenvalue weighted by atomic mass is 19.4. The van der Waals surface area contributed by atoms with Crippen LogP contribution in [-0.2, 0) is 5.60 Å². The quantitative estimate of drug-likeness (QED) is 0.768. The van der Waals surface area contributed by atoms with Gasteiger partial charge in [0, 0.05) is 0 Å². The van der Waals surface area contributed by atoms with Gasteiger partial charge in [-0.1, -0.05) is 6.07 Å². The number of pyridine rings is 1. The van der Waals surface area contributed by atoms with Crippen LogP contribution in [0.25, 0.3) is 0 Å². The molecule has 0 saturated heterocycles. The highest BCUT2D eigenvalue weighted by molar-refractivity contribution is 5.18. The summed E-state index contributed by atoms with van der Waals surface area (Å²) in [6, 6.07) is 2.30. The third-order valence-electron chi connectivity index (χ3n) is 1.80. The van der Waals surface area contributed by atoms with Gasteiger partial charge in [0.05, 0.1) is 11.9 Å². The first kappa shape index (κ1) is 12.8. The van der Waals surface area contributed by atoms with Gasteiger partial charge in [0.2, 0.25) is 0 Å². The normalized spacial score (nSPS) is 13.9. The molecule has 0 aliphatic rings. The van der Waals surface area contributed by atoms with E-state index in [0.29, 0.717) is 6.07 Å². The fourth-order valence-electron chi connectivity index (χ4n) is 0.979. The highest BCUT2D eigenvalue weighted by Crippen LogP contribution is 2.49. The van der Waals surface area contributed by atoms with Crippen molar-refractivity contribution < 1.29 is 31.4 Å². The summed E-state index contributed by atoms with van der Waals surface area (Å²) in [5, 5.41) is 8.82. The Morgan fingerprint density at radius 1 is 1.06 bits per heavy atom. The number of alkyl halides is 6. The summed E-state index contributed by atoms with van der Waals surface area (Å²) in [7, 11) is 0. The maximum atomic E-state index is 12.3. The van der Waals surface area contributed by atoms with Crippen molar-refractivity contribution in [3.63, 3.8) is 0 Å². The van der Waals surface area contributed by atoms with Crippen molar-refractivity contribution in [2.24, 2.45) is 0 Å². The van der Waals surface area contributed by atoms with Gasteiger partial charge < -0.3 is 5.11 Å². The van der Waals surface area contributed by atoms with Gasteiger partial charge in [0.15, 0.2) is 0 Å². The molecule has 16 heavy (non-hydrogen) atoms. The smallest absolute Gasteiger partial charge is 0.368 e. The summed E-state index contributed by atoms with van der Waals surface area (Å²) in [6.07, 6.45) is -10.0. The lowest BCUT2D eigenvalue weighted by molar-refractivity contribution is -0.377. The second kappa shape index (κ2) is 3.62. The summed E-state index contributed by atoms with van der Waals surface area (Å²) < 4.78 is 73.6. The number of nitrogens with zero attached hydrogens (tertiary/aromatic N) is 1. The maximum Gasteiger partial charge on any atom is 0.432 e. The first-order chi connectivity index (χ1) is 7.11. The van der Waals surface area contributed by atoms with Crippen LogP contribution in [0.2, 0.25) is 0 Å². The van der Waals surface area contributed by atoms with Gasteiger partial charge in [-0.15, -0.1) is 0 Å². The van der Waals surface area contributed by atoms with Crippen molar-refractivity contribution in [3.8, 4) is 0 Å². The van der Waals surface area contributed by atoms with Crippen molar-refractivity contribution >= 4 is 0 Å². The molecule has 0 amide bonds. The van der Waals surface area contributed by atoms with E-state index < -0.39 is 23.6 Å². The fraction of sp³-hybridized carbons (Fsp3) is 0.375. The molecular formula is C8H4F6NO. The molecule has 89 valence electrons. The van der Waals surface area contributed by atoms with Crippen LogP contribution in [0.5, 0.6) is 0 Å². The van der Waals surface area contributed by atoms with E-state index in [-0.39, 0.29) is 0 Å². The molecule has 0 aromatic carbocycles. The first-order valence-corrected chi connectivity index (χ1v) is 3.80. The molecule has 1 aromatic heterocycles. The lowest BCUT2D eigenvalue weighted by atomic mass is 9.97. The van der Waals surface area contributed by atoms with Gasteiger partial charge in [0.1, 0.15) is 0 Å². The minimum Gasteiger partial charge on any atom is -0.368 e. The zero-order valence-electron chi connectivity index (χ0n) is 7.39. The first-order valence-electron chi connectivity index (χ1n) is 3.80. The van der Waals surface area contributed by atoms with Gasteiger partial charge in [-0.2, -0.15) is 26.3 Å². The Bertz CT molecular complexity index is 343. The molecular weight excluding hydrogens is 240 g/mol. The zero-order valence-corrected chi connectivity index (χ0v) is 7.39. The van der Waals surface area contributed by atoms with Crippen molar-refractivity contribution in [2.75, 3.05) is 0 Å². The molecule has 1 rings (SSSR count). The average Bonchev–Trinajstić information content (AvgIpc) is 2.14. The van der Waals surface area contributed by atoms with E-state index in [0.717, 1.165) is 12.1 Å². The molecule has 2 nitrogen and oxygen atoms in total. The lowest BCUT2D eigenvalue weighted by Gasteiger charge is -2.31. The topological polar surface area (TPSA) is 33.1 Å². The highest BCUT2D eigenvalue weighted by Gasteiger charge is 2.72. The summed E-state index contributed by atoms with van der Waals surface area (Å²) in [5.74, 6) is 0. The van der Waals surface area contributed by atoms with Crippen molar-refractivity contribution in [1.29, 1.82) is 0 Å². The van der Waals surface area contributed by atoms with Crippen LogP contribution in [0.3, 0.4) is 0 Å². The average molecular weight is 244 g/mol. The molecule has 8 heteroatoms. The second-order valence-corrected chi connectivity index (χ2v) is 2.86. The molecule has 0 aliphatic carbocycles. The zero-order chi connectivity index (χ0) is 12.6. The van der Waals surface area contributed by atoms with Crippen molar-refractivity contribution in [3.05, 3.63) is 30.1 Å². The number of halogens is 6. The monoisotopic (exact) mass is 244 g/mol. The van der Waals surface area contributed by atoms with E-state index in [1.807, 2.05) is 0 Å². The molecule has 0 atom stereocenters. The van der Waals surface area contributed by atoms with Gasteiger partial charge in [-0.3, -0.25) is 0 Å². The molecule has 0 bridgehead atoms. The Balaban J connectivity index is 3.39. The van der Waals surface area contributed by atoms with E-state index in [4.69, 9.17) is 5.11 Å². The molecule has 1 aromatic rings. The summed E-state index contributed by atoms with van der Waals surface area (Å²) in [5.41, 5.74) is -6.53.